The minimum absolute atomic E-state index is 0.0361. The highest BCUT2D eigenvalue weighted by atomic mass is 16.5. The number of nitrogens with one attached hydrogen (secondary N) is 1. The predicted octanol–water partition coefficient (Wildman–Crippen LogP) is 4.90. The summed E-state index contributed by atoms with van der Waals surface area (Å²) in [4.78, 5) is 37.5. The molecule has 3 aromatic carbocycles. The second-order valence-corrected chi connectivity index (χ2v) is 8.41. The Balaban J connectivity index is 1.42. The monoisotopic (exact) mass is 458 g/mol. The second-order valence-electron chi connectivity index (χ2n) is 8.41. The van der Waals surface area contributed by atoms with Gasteiger partial charge in [0.1, 0.15) is 12.6 Å². The summed E-state index contributed by atoms with van der Waals surface area (Å²) in [6.07, 6.45) is -0.583. The van der Waals surface area contributed by atoms with Crippen LogP contribution in [0.15, 0.2) is 66.7 Å². The van der Waals surface area contributed by atoms with Crippen molar-refractivity contribution in [3.05, 3.63) is 89.0 Å². The summed E-state index contributed by atoms with van der Waals surface area (Å²) in [7, 11) is 1.44. The number of nitrogens with zero attached hydrogens (tertiary/aromatic N) is 1. The van der Waals surface area contributed by atoms with Crippen LogP contribution in [0.3, 0.4) is 0 Å². The van der Waals surface area contributed by atoms with E-state index in [2.05, 4.69) is 29.6 Å². The Morgan fingerprint density at radius 1 is 1.00 bits per heavy atom. The van der Waals surface area contributed by atoms with Crippen LogP contribution in [-0.2, 0) is 9.53 Å². The van der Waals surface area contributed by atoms with Crippen LogP contribution in [0.4, 0.5) is 10.5 Å². The molecule has 0 spiro atoms. The molecule has 3 aromatic rings. The lowest BCUT2D eigenvalue weighted by Crippen LogP contribution is -2.40. The van der Waals surface area contributed by atoms with Gasteiger partial charge < -0.3 is 14.7 Å². The molecular weight excluding hydrogens is 432 g/mol. The van der Waals surface area contributed by atoms with Gasteiger partial charge in [0.15, 0.2) is 0 Å². The Hall–Kier alpha value is -4.13. The second kappa shape index (κ2) is 9.39. The lowest BCUT2D eigenvalue weighted by molar-refractivity contribution is -0.141. The molecule has 0 bridgehead atoms. The van der Waals surface area contributed by atoms with Crippen LogP contribution in [0.2, 0.25) is 0 Å². The average Bonchev–Trinajstić information content (AvgIpc) is 3.16. The SMILES string of the molecule is Cc1cc(C(=O)N(C)[C@@H](C)C(=O)O)ccc1NC(=O)OCC1c2ccccc2-c2ccccc21. The lowest BCUT2D eigenvalue weighted by atomic mass is 9.98. The van der Waals surface area contributed by atoms with Crippen molar-refractivity contribution in [2.24, 2.45) is 0 Å². The first-order valence-electron chi connectivity index (χ1n) is 11.0. The Morgan fingerprint density at radius 2 is 1.59 bits per heavy atom. The number of aryl methyl sites for hydroxylation is 1. The van der Waals surface area contributed by atoms with Crippen LogP contribution in [0, 0.1) is 6.92 Å². The fourth-order valence-electron chi connectivity index (χ4n) is 4.23. The smallest absolute Gasteiger partial charge is 0.411 e. The number of aliphatic carboxylic acids is 1. The van der Waals surface area contributed by atoms with E-state index in [1.165, 1.54) is 14.0 Å². The summed E-state index contributed by atoms with van der Waals surface area (Å²) in [5.41, 5.74) is 6.10. The minimum atomic E-state index is -1.08. The van der Waals surface area contributed by atoms with Crippen molar-refractivity contribution in [3.8, 4) is 11.1 Å². The maximum atomic E-state index is 12.6. The summed E-state index contributed by atoms with van der Waals surface area (Å²) >= 11 is 0. The summed E-state index contributed by atoms with van der Waals surface area (Å²) in [6.45, 7) is 3.41. The highest BCUT2D eigenvalue weighted by Crippen LogP contribution is 2.44. The number of hydrogen-bond acceptors (Lipinski definition) is 4. The van der Waals surface area contributed by atoms with Gasteiger partial charge in [-0.3, -0.25) is 10.1 Å². The van der Waals surface area contributed by atoms with Crippen LogP contribution in [0.5, 0.6) is 0 Å². The third-order valence-corrected chi connectivity index (χ3v) is 6.31. The Morgan fingerprint density at radius 3 is 2.15 bits per heavy atom. The number of likely N-dealkylation sites (N-methyl/N-ethyl adjacent to an activating group) is 1. The van der Waals surface area contributed by atoms with E-state index in [1.807, 2.05) is 24.3 Å². The van der Waals surface area contributed by atoms with Gasteiger partial charge in [0.2, 0.25) is 0 Å². The number of hydrogen-bond donors (Lipinski definition) is 2. The molecule has 0 heterocycles. The molecule has 1 atom stereocenters. The quantitative estimate of drug-likeness (QED) is 0.548. The third kappa shape index (κ3) is 4.37. The van der Waals surface area contributed by atoms with Crippen LogP contribution in [-0.4, -0.2) is 47.7 Å². The van der Waals surface area contributed by atoms with Gasteiger partial charge in [-0.25, -0.2) is 9.59 Å². The Kier molecular flexibility index (Phi) is 6.36. The van der Waals surface area contributed by atoms with E-state index >= 15 is 0 Å². The third-order valence-electron chi connectivity index (χ3n) is 6.31. The number of fused-ring (bicyclic) bond motifs is 3. The molecular formula is C27H26N2O5. The maximum Gasteiger partial charge on any atom is 0.411 e. The van der Waals surface area contributed by atoms with Crippen molar-refractivity contribution in [2.45, 2.75) is 25.8 Å². The average molecular weight is 459 g/mol. The van der Waals surface area contributed by atoms with Crippen molar-refractivity contribution >= 4 is 23.7 Å². The van der Waals surface area contributed by atoms with Crippen LogP contribution < -0.4 is 5.32 Å². The summed E-state index contributed by atoms with van der Waals surface area (Å²) in [6, 6.07) is 20.1. The molecule has 34 heavy (non-hydrogen) atoms. The van der Waals surface area contributed by atoms with Gasteiger partial charge >= 0.3 is 12.1 Å². The first kappa shape index (κ1) is 23.0. The van der Waals surface area contributed by atoms with Gasteiger partial charge in [-0.15, -0.1) is 0 Å². The van der Waals surface area contributed by atoms with Crippen LogP contribution >= 0.6 is 0 Å². The molecule has 0 saturated carbocycles. The molecule has 0 radical (unpaired) electrons. The maximum absolute atomic E-state index is 12.6. The van der Waals surface area contributed by atoms with E-state index in [1.54, 1.807) is 25.1 Å². The zero-order valence-corrected chi connectivity index (χ0v) is 19.2. The largest absolute Gasteiger partial charge is 0.480 e. The lowest BCUT2D eigenvalue weighted by Gasteiger charge is -2.22. The number of benzene rings is 3. The van der Waals surface area contributed by atoms with E-state index in [0.717, 1.165) is 27.2 Å². The fraction of sp³-hybridized carbons (Fsp3) is 0.222. The van der Waals surface area contributed by atoms with Crippen molar-refractivity contribution in [2.75, 3.05) is 19.0 Å². The highest BCUT2D eigenvalue weighted by molar-refractivity contribution is 5.97. The zero-order valence-electron chi connectivity index (χ0n) is 19.2. The van der Waals surface area contributed by atoms with E-state index in [-0.39, 0.29) is 12.5 Å². The van der Waals surface area contributed by atoms with Crippen LogP contribution in [0.25, 0.3) is 11.1 Å². The van der Waals surface area contributed by atoms with E-state index in [0.29, 0.717) is 16.8 Å². The molecule has 7 heteroatoms. The Bertz CT molecular complexity index is 1220. The number of carbonyl (C=O) groups is 3. The number of anilines is 1. The molecule has 0 aromatic heterocycles. The van der Waals surface area contributed by atoms with E-state index in [4.69, 9.17) is 9.84 Å². The number of ether oxygens (including phenoxy) is 1. The molecule has 7 nitrogen and oxygen atoms in total. The summed E-state index contributed by atoms with van der Waals surface area (Å²) in [5.74, 6) is -1.53. The number of carbonyl (C=O) groups excluding carboxylic acids is 2. The summed E-state index contributed by atoms with van der Waals surface area (Å²) < 4.78 is 5.58. The zero-order chi connectivity index (χ0) is 24.4. The van der Waals surface area contributed by atoms with Gasteiger partial charge in [-0.05, 0) is 59.9 Å². The molecule has 2 N–H and O–H groups in total. The fourth-order valence-corrected chi connectivity index (χ4v) is 4.23. The normalized spacial score (nSPS) is 12.9. The molecule has 1 aliphatic rings. The van der Waals surface area contributed by atoms with Crippen molar-refractivity contribution < 1.29 is 24.2 Å². The molecule has 174 valence electrons. The molecule has 0 unspecified atom stereocenters. The van der Waals surface area contributed by atoms with Gasteiger partial charge in [-0.1, -0.05) is 48.5 Å². The molecule has 0 aliphatic heterocycles. The minimum Gasteiger partial charge on any atom is -0.480 e. The first-order valence-corrected chi connectivity index (χ1v) is 11.0. The molecule has 4 rings (SSSR count). The number of rotatable bonds is 6. The molecule has 0 fully saturated rings. The predicted molar refractivity (Wildman–Crippen MR) is 129 cm³/mol. The van der Waals surface area contributed by atoms with E-state index < -0.39 is 24.0 Å². The van der Waals surface area contributed by atoms with Crippen molar-refractivity contribution in [1.29, 1.82) is 0 Å². The molecule has 1 aliphatic carbocycles. The molecule has 0 saturated heterocycles. The van der Waals surface area contributed by atoms with Gasteiger partial charge in [0.05, 0.1) is 0 Å². The summed E-state index contributed by atoms with van der Waals surface area (Å²) in [5, 5.41) is 11.9. The Labute approximate surface area is 198 Å². The molecule has 2 amide bonds. The topological polar surface area (TPSA) is 95.9 Å². The van der Waals surface area contributed by atoms with Crippen molar-refractivity contribution in [3.63, 3.8) is 0 Å². The number of amides is 2. The number of carboxylic acids is 1. The van der Waals surface area contributed by atoms with Crippen LogP contribution in [0.1, 0.15) is 39.9 Å². The first-order chi connectivity index (χ1) is 16.3. The van der Waals surface area contributed by atoms with Gasteiger partial charge in [-0.2, -0.15) is 0 Å². The number of carboxylic acid groups (broad SMARTS) is 1. The van der Waals surface area contributed by atoms with Gasteiger partial charge in [0, 0.05) is 24.2 Å². The standard InChI is InChI=1S/C27H26N2O5/c1-16-14-18(25(30)29(3)17(2)26(31)32)12-13-24(16)28-27(33)34-15-23-21-10-6-4-8-19(21)20-9-5-7-11-22(20)23/h4-14,17,23H,15H2,1-3H3,(H,28,33)(H,31,32)/t17-/m0/s1. The van der Waals surface area contributed by atoms with Gasteiger partial charge in [0.25, 0.3) is 5.91 Å². The van der Waals surface area contributed by atoms with Crippen molar-refractivity contribution in [1.82, 2.24) is 4.90 Å². The highest BCUT2D eigenvalue weighted by Gasteiger charge is 2.29. The van der Waals surface area contributed by atoms with E-state index in [9.17, 15) is 14.4 Å².